The van der Waals surface area contributed by atoms with Gasteiger partial charge in [0.15, 0.2) is 0 Å². The lowest BCUT2D eigenvalue weighted by molar-refractivity contribution is -0.150. The first kappa shape index (κ1) is 22.4. The standard InChI is InChI=1S/C23H22N4O5/c1-31-21(29)15-26(16-22(30)32-2)20(28)11-10-18-14-27(19-8-4-3-5-9-19)25-23(18)17-7-6-12-24-13-17/h3-14H,15-16H2,1-2H3/b11-10+. The predicted molar refractivity (Wildman–Crippen MR) is 116 cm³/mol. The molecule has 164 valence electrons. The topological polar surface area (TPSA) is 104 Å². The number of ether oxygens (including phenoxy) is 2. The first-order chi connectivity index (χ1) is 15.5. The summed E-state index contributed by atoms with van der Waals surface area (Å²) in [6, 6.07) is 13.2. The molecule has 0 unspecified atom stereocenters. The van der Waals surface area contributed by atoms with Crippen molar-refractivity contribution in [1.29, 1.82) is 0 Å². The highest BCUT2D eigenvalue weighted by molar-refractivity contribution is 5.96. The van der Waals surface area contributed by atoms with Gasteiger partial charge in [0.2, 0.25) is 5.91 Å². The summed E-state index contributed by atoms with van der Waals surface area (Å²) in [6.45, 7) is -0.763. The Bertz CT molecular complexity index is 1090. The highest BCUT2D eigenvalue weighted by atomic mass is 16.5. The van der Waals surface area contributed by atoms with E-state index in [-0.39, 0.29) is 13.1 Å². The second-order valence-corrected chi connectivity index (χ2v) is 6.63. The SMILES string of the molecule is COC(=O)CN(CC(=O)OC)C(=O)/C=C/c1cn(-c2ccccc2)nc1-c1cccnc1. The molecule has 0 aliphatic rings. The summed E-state index contributed by atoms with van der Waals surface area (Å²) in [5.41, 5.74) is 2.90. The van der Waals surface area contributed by atoms with Crippen LogP contribution < -0.4 is 0 Å². The zero-order valence-electron chi connectivity index (χ0n) is 17.7. The molecule has 1 amide bonds. The van der Waals surface area contributed by atoms with Crippen molar-refractivity contribution in [3.8, 4) is 16.9 Å². The highest BCUT2D eigenvalue weighted by Gasteiger charge is 2.20. The largest absolute Gasteiger partial charge is 0.468 e. The minimum Gasteiger partial charge on any atom is -0.468 e. The third kappa shape index (κ3) is 5.66. The number of amides is 1. The molecule has 9 heteroatoms. The van der Waals surface area contributed by atoms with Crippen LogP contribution in [0.4, 0.5) is 0 Å². The Labute approximate surface area is 184 Å². The van der Waals surface area contributed by atoms with Crippen molar-refractivity contribution in [2.45, 2.75) is 0 Å². The Kier molecular flexibility index (Phi) is 7.47. The van der Waals surface area contributed by atoms with Crippen molar-refractivity contribution in [2.75, 3.05) is 27.3 Å². The molecule has 32 heavy (non-hydrogen) atoms. The van der Waals surface area contributed by atoms with Crippen LogP contribution in [0.25, 0.3) is 23.0 Å². The van der Waals surface area contributed by atoms with Gasteiger partial charge in [-0.3, -0.25) is 19.4 Å². The molecule has 0 spiro atoms. The molecule has 0 bridgehead atoms. The van der Waals surface area contributed by atoms with E-state index >= 15 is 0 Å². The summed E-state index contributed by atoms with van der Waals surface area (Å²) < 4.78 is 10.9. The molecule has 9 nitrogen and oxygen atoms in total. The van der Waals surface area contributed by atoms with E-state index in [1.165, 1.54) is 20.3 Å². The summed E-state index contributed by atoms with van der Waals surface area (Å²) in [4.78, 5) is 41.2. The van der Waals surface area contributed by atoms with Gasteiger partial charge in [0.1, 0.15) is 18.8 Å². The van der Waals surface area contributed by atoms with E-state index in [1.807, 2.05) is 36.4 Å². The van der Waals surface area contributed by atoms with Crippen LogP contribution in [-0.4, -0.2) is 64.8 Å². The molecule has 0 aliphatic heterocycles. The van der Waals surface area contributed by atoms with Gasteiger partial charge in [-0.2, -0.15) is 5.10 Å². The lowest BCUT2D eigenvalue weighted by Gasteiger charge is -2.18. The molecule has 2 heterocycles. The number of rotatable bonds is 8. The fraction of sp³-hybridized carbons (Fsp3) is 0.174. The molecule has 0 aliphatic carbocycles. The maximum Gasteiger partial charge on any atom is 0.325 e. The Balaban J connectivity index is 1.93. The second kappa shape index (κ2) is 10.7. The highest BCUT2D eigenvalue weighted by Crippen LogP contribution is 2.24. The molecule has 2 aromatic heterocycles. The minimum atomic E-state index is -0.649. The number of pyridine rings is 1. The number of carbonyl (C=O) groups is 3. The average Bonchev–Trinajstić information content (AvgIpc) is 3.27. The molecule has 0 saturated heterocycles. The minimum absolute atomic E-state index is 0.381. The number of hydrogen-bond donors (Lipinski definition) is 0. The third-order valence-corrected chi connectivity index (χ3v) is 4.51. The number of carbonyl (C=O) groups excluding carboxylic acids is 3. The number of benzene rings is 1. The molecular formula is C23H22N4O5. The smallest absolute Gasteiger partial charge is 0.325 e. The van der Waals surface area contributed by atoms with Crippen LogP contribution in [-0.2, 0) is 23.9 Å². The maximum absolute atomic E-state index is 12.7. The van der Waals surface area contributed by atoms with Crippen LogP contribution in [0.3, 0.4) is 0 Å². The lowest BCUT2D eigenvalue weighted by Crippen LogP contribution is -2.39. The number of methoxy groups -OCH3 is 2. The van der Waals surface area contributed by atoms with Crippen molar-refractivity contribution in [3.63, 3.8) is 0 Å². The van der Waals surface area contributed by atoms with Gasteiger partial charge >= 0.3 is 11.9 Å². The molecule has 0 radical (unpaired) electrons. The zero-order chi connectivity index (χ0) is 22.9. The average molecular weight is 434 g/mol. The molecule has 3 rings (SSSR count). The van der Waals surface area contributed by atoms with Gasteiger partial charge in [-0.15, -0.1) is 0 Å². The van der Waals surface area contributed by atoms with Gasteiger partial charge in [-0.25, -0.2) is 4.68 Å². The van der Waals surface area contributed by atoms with Crippen molar-refractivity contribution >= 4 is 23.9 Å². The first-order valence-corrected chi connectivity index (χ1v) is 9.68. The predicted octanol–water partition coefficient (Wildman–Crippen LogP) is 2.12. The van der Waals surface area contributed by atoms with E-state index in [1.54, 1.807) is 35.4 Å². The summed E-state index contributed by atoms with van der Waals surface area (Å²) in [6.07, 6.45) is 7.98. The summed E-state index contributed by atoms with van der Waals surface area (Å²) >= 11 is 0. The number of nitrogens with zero attached hydrogens (tertiary/aromatic N) is 4. The molecule has 0 fully saturated rings. The van der Waals surface area contributed by atoms with Crippen LogP contribution in [0.1, 0.15) is 5.56 Å². The van der Waals surface area contributed by atoms with E-state index < -0.39 is 17.8 Å². The monoisotopic (exact) mass is 434 g/mol. The normalized spacial score (nSPS) is 10.7. The number of esters is 2. The molecule has 0 atom stereocenters. The van der Waals surface area contributed by atoms with Gasteiger partial charge in [0.25, 0.3) is 0 Å². The molecule has 0 saturated carbocycles. The Morgan fingerprint density at radius 2 is 1.69 bits per heavy atom. The third-order valence-electron chi connectivity index (χ3n) is 4.51. The fourth-order valence-corrected chi connectivity index (χ4v) is 2.87. The van der Waals surface area contributed by atoms with Gasteiger partial charge in [0.05, 0.1) is 19.9 Å². The Morgan fingerprint density at radius 3 is 2.28 bits per heavy atom. The van der Waals surface area contributed by atoms with Gasteiger partial charge < -0.3 is 14.4 Å². The van der Waals surface area contributed by atoms with Crippen molar-refractivity contribution in [2.24, 2.45) is 0 Å². The van der Waals surface area contributed by atoms with Crippen LogP contribution in [0.2, 0.25) is 0 Å². The second-order valence-electron chi connectivity index (χ2n) is 6.63. The number of aromatic nitrogens is 3. The fourth-order valence-electron chi connectivity index (χ4n) is 2.87. The van der Waals surface area contributed by atoms with Crippen molar-refractivity contribution in [3.05, 3.63) is 72.7 Å². The van der Waals surface area contributed by atoms with Crippen LogP contribution in [0.5, 0.6) is 0 Å². The maximum atomic E-state index is 12.7. The van der Waals surface area contributed by atoms with E-state index in [2.05, 4.69) is 19.6 Å². The number of hydrogen-bond acceptors (Lipinski definition) is 7. The van der Waals surface area contributed by atoms with E-state index in [0.717, 1.165) is 16.2 Å². The zero-order valence-corrected chi connectivity index (χ0v) is 17.7. The molecule has 3 aromatic rings. The quantitative estimate of drug-likeness (QED) is 0.395. The van der Waals surface area contributed by atoms with Gasteiger partial charge in [0, 0.05) is 35.8 Å². The molecule has 0 N–H and O–H groups in total. The van der Waals surface area contributed by atoms with E-state index in [0.29, 0.717) is 11.3 Å². The molecular weight excluding hydrogens is 412 g/mol. The summed E-state index contributed by atoms with van der Waals surface area (Å²) in [7, 11) is 2.41. The van der Waals surface area contributed by atoms with Crippen molar-refractivity contribution < 1.29 is 23.9 Å². The van der Waals surface area contributed by atoms with Crippen LogP contribution in [0, 0.1) is 0 Å². The Hall–Kier alpha value is -4.27. The van der Waals surface area contributed by atoms with Crippen LogP contribution in [0.15, 0.2) is 67.1 Å². The molecule has 1 aromatic carbocycles. The lowest BCUT2D eigenvalue weighted by atomic mass is 10.1. The van der Waals surface area contributed by atoms with Crippen LogP contribution >= 0.6 is 0 Å². The van der Waals surface area contributed by atoms with Gasteiger partial charge in [-0.05, 0) is 30.3 Å². The Morgan fingerprint density at radius 1 is 1.00 bits per heavy atom. The van der Waals surface area contributed by atoms with E-state index in [9.17, 15) is 14.4 Å². The van der Waals surface area contributed by atoms with E-state index in [4.69, 9.17) is 0 Å². The summed E-state index contributed by atoms with van der Waals surface area (Å²) in [5.74, 6) is -1.85. The summed E-state index contributed by atoms with van der Waals surface area (Å²) in [5, 5.41) is 4.65. The number of para-hydroxylation sites is 1. The van der Waals surface area contributed by atoms with Crippen molar-refractivity contribution in [1.82, 2.24) is 19.7 Å². The van der Waals surface area contributed by atoms with Gasteiger partial charge in [-0.1, -0.05) is 18.2 Å². The first-order valence-electron chi connectivity index (χ1n) is 9.68.